The quantitative estimate of drug-likeness (QED) is 0.568. The molecule has 2 fully saturated rings. The average Bonchev–Trinajstić information content (AvgIpc) is 2.77. The van der Waals surface area contributed by atoms with Gasteiger partial charge in [0, 0.05) is 18.0 Å². The lowest BCUT2D eigenvalue weighted by molar-refractivity contribution is 0.00463. The number of Topliss-reactive ketones (excluding diaryl/α,β-unsaturated/α-hetero) is 1. The minimum atomic E-state index is -0.256. The van der Waals surface area contributed by atoms with Crippen molar-refractivity contribution in [2.24, 2.45) is 5.92 Å². The molecule has 2 aliphatic heterocycles. The predicted octanol–water partition coefficient (Wildman–Crippen LogP) is 5.63. The molecule has 1 amide bonds. The molecule has 2 saturated heterocycles. The summed E-state index contributed by atoms with van der Waals surface area (Å²) in [4.78, 5) is 28.2. The molecule has 2 heterocycles. The number of ether oxygens (including phenoxy) is 2. The molecule has 0 saturated carbocycles. The highest BCUT2D eigenvalue weighted by molar-refractivity contribution is 6.00. The number of ketones is 1. The second-order valence-electron chi connectivity index (χ2n) is 8.88. The van der Waals surface area contributed by atoms with Gasteiger partial charge in [-0.3, -0.25) is 4.79 Å². The maximum Gasteiger partial charge on any atom is 0.410 e. The molecule has 5 heteroatoms. The molecule has 0 aromatic heterocycles. The van der Waals surface area contributed by atoms with E-state index >= 15 is 0 Å². The van der Waals surface area contributed by atoms with Crippen LogP contribution in [0, 0.1) is 5.92 Å². The zero-order valence-electron chi connectivity index (χ0n) is 18.3. The lowest BCUT2D eigenvalue weighted by Crippen LogP contribution is -2.55. The molecule has 164 valence electrons. The molecule has 2 atom stereocenters. The fourth-order valence-corrected chi connectivity index (χ4v) is 4.93. The molecule has 0 aliphatic carbocycles. The van der Waals surface area contributed by atoms with E-state index in [1.807, 2.05) is 73.3 Å². The number of rotatable bonds is 6. The van der Waals surface area contributed by atoms with Crippen molar-refractivity contribution in [3.05, 3.63) is 65.7 Å². The lowest BCUT2D eigenvalue weighted by atomic mass is 9.75. The van der Waals surface area contributed by atoms with Crippen molar-refractivity contribution >= 4 is 11.9 Å². The van der Waals surface area contributed by atoms with Gasteiger partial charge in [-0.1, -0.05) is 42.5 Å². The smallest absolute Gasteiger partial charge is 0.410 e. The van der Waals surface area contributed by atoms with Crippen molar-refractivity contribution in [1.82, 2.24) is 4.90 Å². The zero-order valence-corrected chi connectivity index (χ0v) is 18.3. The van der Waals surface area contributed by atoms with Gasteiger partial charge in [-0.25, -0.2) is 4.79 Å². The Kier molecular flexibility index (Phi) is 6.59. The lowest BCUT2D eigenvalue weighted by Gasteiger charge is -2.47. The van der Waals surface area contributed by atoms with Gasteiger partial charge in [0.05, 0.1) is 11.7 Å². The molecule has 31 heavy (non-hydrogen) atoms. The summed E-state index contributed by atoms with van der Waals surface area (Å²) >= 11 is 0. The van der Waals surface area contributed by atoms with Gasteiger partial charge in [-0.05, 0) is 63.6 Å². The minimum Gasteiger partial charge on any atom is -0.490 e. The van der Waals surface area contributed by atoms with Crippen LogP contribution in [0.2, 0.25) is 0 Å². The summed E-state index contributed by atoms with van der Waals surface area (Å²) in [5.41, 5.74) is 1.63. The van der Waals surface area contributed by atoms with Gasteiger partial charge in [0.25, 0.3) is 0 Å². The number of piperidine rings is 2. The molecule has 5 nitrogen and oxygen atoms in total. The SMILES string of the molecule is CC(C)Oc1ccccc1C(=O)C1CC2CCCC(C1)N2C(=O)OCc1ccccc1. The average molecular weight is 422 g/mol. The number of amides is 1. The van der Waals surface area contributed by atoms with E-state index < -0.39 is 0 Å². The van der Waals surface area contributed by atoms with Crippen molar-refractivity contribution in [3.8, 4) is 5.75 Å². The van der Waals surface area contributed by atoms with Crippen molar-refractivity contribution in [1.29, 1.82) is 0 Å². The summed E-state index contributed by atoms with van der Waals surface area (Å²) in [5, 5.41) is 0. The maximum absolute atomic E-state index is 13.4. The number of hydrogen-bond acceptors (Lipinski definition) is 4. The highest BCUT2D eigenvalue weighted by Crippen LogP contribution is 2.39. The Labute approximate surface area is 184 Å². The van der Waals surface area contributed by atoms with Gasteiger partial charge in [0.2, 0.25) is 0 Å². The largest absolute Gasteiger partial charge is 0.490 e. The zero-order chi connectivity index (χ0) is 21.8. The van der Waals surface area contributed by atoms with E-state index in [-0.39, 0.29) is 42.6 Å². The Morgan fingerprint density at radius 3 is 2.29 bits per heavy atom. The Bertz CT molecular complexity index is 897. The molecule has 0 spiro atoms. The van der Waals surface area contributed by atoms with Crippen molar-refractivity contribution in [2.45, 2.75) is 70.7 Å². The summed E-state index contributed by atoms with van der Waals surface area (Å²) < 4.78 is 11.5. The van der Waals surface area contributed by atoms with Crippen LogP contribution in [-0.4, -0.2) is 35.0 Å². The van der Waals surface area contributed by atoms with E-state index in [9.17, 15) is 9.59 Å². The highest BCUT2D eigenvalue weighted by Gasteiger charge is 2.44. The van der Waals surface area contributed by atoms with Gasteiger partial charge < -0.3 is 14.4 Å². The minimum absolute atomic E-state index is 0.00885. The summed E-state index contributed by atoms with van der Waals surface area (Å²) in [6, 6.07) is 17.4. The topological polar surface area (TPSA) is 55.8 Å². The first-order valence-corrected chi connectivity index (χ1v) is 11.3. The molecular formula is C26H31NO4. The fraction of sp³-hybridized carbons (Fsp3) is 0.462. The first kappa shape index (κ1) is 21.4. The second kappa shape index (κ2) is 9.54. The Morgan fingerprint density at radius 2 is 1.61 bits per heavy atom. The highest BCUT2D eigenvalue weighted by atomic mass is 16.6. The maximum atomic E-state index is 13.4. The van der Waals surface area contributed by atoms with Crippen LogP contribution >= 0.6 is 0 Å². The Hall–Kier alpha value is -2.82. The molecule has 2 bridgehead atoms. The van der Waals surface area contributed by atoms with Crippen molar-refractivity contribution in [2.75, 3.05) is 0 Å². The summed E-state index contributed by atoms with van der Waals surface area (Å²) in [5.74, 6) is 0.688. The molecular weight excluding hydrogens is 390 g/mol. The van der Waals surface area contributed by atoms with Crippen LogP contribution in [0.5, 0.6) is 5.75 Å². The number of hydrogen-bond donors (Lipinski definition) is 0. The standard InChI is InChI=1S/C26H31NO4/c1-18(2)31-24-14-7-6-13-23(24)25(28)20-15-21-11-8-12-22(16-20)27(21)26(29)30-17-19-9-4-3-5-10-19/h3-7,9-10,13-14,18,20-22H,8,11-12,15-17H2,1-2H3. The molecule has 2 aromatic rings. The van der Waals surface area contributed by atoms with E-state index in [1.165, 1.54) is 0 Å². The predicted molar refractivity (Wildman–Crippen MR) is 119 cm³/mol. The molecule has 4 rings (SSSR count). The molecule has 2 aliphatic rings. The third kappa shape index (κ3) is 4.92. The first-order chi connectivity index (χ1) is 15.0. The van der Waals surface area contributed by atoms with Crippen LogP contribution in [0.3, 0.4) is 0 Å². The van der Waals surface area contributed by atoms with Crippen LogP contribution in [0.25, 0.3) is 0 Å². The number of fused-ring (bicyclic) bond motifs is 2. The monoisotopic (exact) mass is 421 g/mol. The molecule has 2 unspecified atom stereocenters. The van der Waals surface area contributed by atoms with Crippen LogP contribution in [0.4, 0.5) is 4.79 Å². The summed E-state index contributed by atoms with van der Waals surface area (Å²) in [7, 11) is 0. The van der Waals surface area contributed by atoms with E-state index in [0.717, 1.165) is 24.8 Å². The van der Waals surface area contributed by atoms with Gasteiger partial charge >= 0.3 is 6.09 Å². The van der Waals surface area contributed by atoms with Gasteiger partial charge in [0.1, 0.15) is 12.4 Å². The molecule has 2 aromatic carbocycles. The Morgan fingerprint density at radius 1 is 0.968 bits per heavy atom. The number of benzene rings is 2. The van der Waals surface area contributed by atoms with E-state index in [1.54, 1.807) is 0 Å². The number of carbonyl (C=O) groups excluding carboxylic acids is 2. The summed E-state index contributed by atoms with van der Waals surface area (Å²) in [6.07, 6.45) is 4.06. The van der Waals surface area contributed by atoms with E-state index in [2.05, 4.69) is 0 Å². The number of para-hydroxylation sites is 1. The van der Waals surface area contributed by atoms with E-state index in [0.29, 0.717) is 24.2 Å². The third-order valence-electron chi connectivity index (χ3n) is 6.28. The Balaban J connectivity index is 1.45. The van der Waals surface area contributed by atoms with Crippen molar-refractivity contribution in [3.63, 3.8) is 0 Å². The summed E-state index contributed by atoms with van der Waals surface area (Å²) in [6.45, 7) is 4.20. The van der Waals surface area contributed by atoms with Crippen LogP contribution < -0.4 is 4.74 Å². The fourth-order valence-electron chi connectivity index (χ4n) is 4.93. The van der Waals surface area contributed by atoms with Gasteiger partial charge in [-0.2, -0.15) is 0 Å². The first-order valence-electron chi connectivity index (χ1n) is 11.3. The van der Waals surface area contributed by atoms with Gasteiger partial charge in [-0.15, -0.1) is 0 Å². The number of carbonyl (C=O) groups is 2. The third-order valence-corrected chi connectivity index (χ3v) is 6.28. The van der Waals surface area contributed by atoms with Crippen LogP contribution in [0.1, 0.15) is 61.9 Å². The normalized spacial score (nSPS) is 22.8. The van der Waals surface area contributed by atoms with Gasteiger partial charge in [0.15, 0.2) is 5.78 Å². The number of nitrogens with zero attached hydrogens (tertiary/aromatic N) is 1. The molecule has 0 radical (unpaired) electrons. The van der Waals surface area contributed by atoms with Crippen LogP contribution in [0.15, 0.2) is 54.6 Å². The molecule has 0 N–H and O–H groups in total. The van der Waals surface area contributed by atoms with Crippen LogP contribution in [-0.2, 0) is 11.3 Å². The van der Waals surface area contributed by atoms with Crippen molar-refractivity contribution < 1.29 is 19.1 Å². The van der Waals surface area contributed by atoms with E-state index in [4.69, 9.17) is 9.47 Å². The second-order valence-corrected chi connectivity index (χ2v) is 8.88.